The SMILES string of the molecule is CO[C@H]1C[C@@H](O[C@H]2CC[C@@]3(C)[C@H](C2)C[C@H]2O[C@H]4C[C@@H](C5=CC(=O)OC5)[C@@]5(C)C(=O)[C@H](O)[C@@H]3[C@H]2[C@@]45O)O[C@H](C)[C@H]1O. The van der Waals surface area contributed by atoms with Crippen LogP contribution >= 0.6 is 0 Å². The summed E-state index contributed by atoms with van der Waals surface area (Å²) in [5.41, 5.74) is -2.34. The van der Waals surface area contributed by atoms with Gasteiger partial charge in [-0.25, -0.2) is 4.79 Å². The van der Waals surface area contributed by atoms with Gasteiger partial charge >= 0.3 is 5.97 Å². The maximum atomic E-state index is 14.2. The molecular formula is C30H42O10. The van der Waals surface area contributed by atoms with E-state index in [0.29, 0.717) is 18.4 Å². The Morgan fingerprint density at radius 1 is 1.05 bits per heavy atom. The van der Waals surface area contributed by atoms with Crippen LogP contribution in [0.5, 0.6) is 0 Å². The van der Waals surface area contributed by atoms with Crippen LogP contribution < -0.4 is 0 Å². The average Bonchev–Trinajstić information content (AvgIpc) is 3.53. The first kappa shape index (κ1) is 27.4. The maximum absolute atomic E-state index is 14.2. The van der Waals surface area contributed by atoms with E-state index < -0.39 is 59.5 Å². The molecule has 7 aliphatic rings. The smallest absolute Gasteiger partial charge is 0.331 e. The summed E-state index contributed by atoms with van der Waals surface area (Å²) in [6, 6.07) is 0. The number of hydrogen-bond acceptors (Lipinski definition) is 10. The van der Waals surface area contributed by atoms with Crippen molar-refractivity contribution >= 4 is 11.8 Å². The molecule has 6 fully saturated rings. The van der Waals surface area contributed by atoms with Gasteiger partial charge in [0.2, 0.25) is 0 Å². The summed E-state index contributed by atoms with van der Waals surface area (Å²) in [4.78, 5) is 26.0. The molecule has 3 N–H and O–H groups in total. The fraction of sp³-hybridized carbons (Fsp3) is 0.867. The van der Waals surface area contributed by atoms with Crippen molar-refractivity contribution in [1.82, 2.24) is 0 Å². The van der Waals surface area contributed by atoms with E-state index in [2.05, 4.69) is 6.92 Å². The number of fused-ring (bicyclic) bond motifs is 2. The number of hydrogen-bond donors (Lipinski definition) is 3. The quantitative estimate of drug-likeness (QED) is 0.339. The highest BCUT2D eigenvalue weighted by Gasteiger charge is 2.81. The molecule has 3 aliphatic heterocycles. The van der Waals surface area contributed by atoms with Gasteiger partial charge in [0.1, 0.15) is 24.4 Å². The summed E-state index contributed by atoms with van der Waals surface area (Å²) in [5.74, 6) is -1.86. The molecule has 7 rings (SSSR count). The van der Waals surface area contributed by atoms with Crippen LogP contribution in [0.25, 0.3) is 0 Å². The monoisotopic (exact) mass is 562 g/mol. The second-order valence-electron chi connectivity index (χ2n) is 13.9. The molecule has 3 heterocycles. The molecule has 0 aromatic rings. The first-order valence-electron chi connectivity index (χ1n) is 14.9. The van der Waals surface area contributed by atoms with Gasteiger partial charge in [-0.1, -0.05) is 6.92 Å². The molecule has 222 valence electrons. The Kier molecular flexibility index (Phi) is 6.21. The van der Waals surface area contributed by atoms with E-state index in [-0.39, 0.29) is 48.0 Å². The standard InChI is InChI=1S/C30H42O10/c1-13-25(32)19(36-4)11-22(38-13)39-16-5-6-28(2)15(8-16)9-18-23-24(28)26(33)27(34)29(3)17(14-7-21(31)37-12-14)10-20(40-18)30(23,29)35/h7,13,15-20,22-26,32-33,35H,5-6,8-12H2,1-4H3/t13-,15-,16+,17+,18-,19+,20+,22-,23+,24+,25-,26-,28+,29+,30+/m1/s1. The van der Waals surface area contributed by atoms with Crippen molar-refractivity contribution in [2.24, 2.45) is 34.5 Å². The molecule has 10 heteroatoms. The third kappa shape index (κ3) is 3.41. The molecule has 0 spiro atoms. The minimum Gasteiger partial charge on any atom is -0.458 e. The Morgan fingerprint density at radius 2 is 1.82 bits per heavy atom. The predicted molar refractivity (Wildman–Crippen MR) is 138 cm³/mol. The van der Waals surface area contributed by atoms with Crippen LogP contribution in [0.15, 0.2) is 11.6 Å². The topological polar surface area (TPSA) is 141 Å². The number of ketones is 1. The van der Waals surface area contributed by atoms with E-state index in [4.69, 9.17) is 23.7 Å². The first-order chi connectivity index (χ1) is 18.9. The number of methoxy groups -OCH3 is 1. The maximum Gasteiger partial charge on any atom is 0.331 e. The van der Waals surface area contributed by atoms with Crippen LogP contribution in [0.3, 0.4) is 0 Å². The number of carbonyl (C=O) groups is 2. The van der Waals surface area contributed by atoms with Crippen LogP contribution in [0, 0.1) is 34.5 Å². The van der Waals surface area contributed by atoms with Gasteiger partial charge in [-0.3, -0.25) is 4.79 Å². The summed E-state index contributed by atoms with van der Waals surface area (Å²) < 4.78 is 29.6. The number of rotatable bonds is 4. The Balaban J connectivity index is 1.15. The highest BCUT2D eigenvalue weighted by atomic mass is 16.7. The second kappa shape index (κ2) is 9.05. The summed E-state index contributed by atoms with van der Waals surface area (Å²) in [6.45, 7) is 5.86. The number of esters is 1. The fourth-order valence-corrected chi connectivity index (χ4v) is 10.3. The summed E-state index contributed by atoms with van der Waals surface area (Å²) in [5, 5.41) is 34.6. The lowest BCUT2D eigenvalue weighted by Gasteiger charge is -2.63. The van der Waals surface area contributed by atoms with E-state index in [1.54, 1.807) is 14.0 Å². The molecule has 0 unspecified atom stereocenters. The van der Waals surface area contributed by atoms with Crippen LogP contribution in [0.1, 0.15) is 59.3 Å². The first-order valence-corrected chi connectivity index (χ1v) is 14.9. The number of aliphatic hydroxyl groups excluding tert-OH is 2. The van der Waals surface area contributed by atoms with Crippen LogP contribution in [-0.4, -0.2) is 95.4 Å². The normalized spacial score (nSPS) is 56.9. The Morgan fingerprint density at radius 3 is 2.52 bits per heavy atom. The predicted octanol–water partition coefficient (Wildman–Crippen LogP) is 1.28. The molecule has 0 aromatic heterocycles. The van der Waals surface area contributed by atoms with Crippen LogP contribution in [-0.2, 0) is 33.3 Å². The van der Waals surface area contributed by atoms with Gasteiger partial charge in [-0.15, -0.1) is 0 Å². The van der Waals surface area contributed by atoms with E-state index in [1.807, 2.05) is 6.92 Å². The summed E-state index contributed by atoms with van der Waals surface area (Å²) >= 11 is 0. The molecule has 15 atom stereocenters. The molecule has 10 nitrogen and oxygen atoms in total. The lowest BCUT2D eigenvalue weighted by atomic mass is 9.42. The van der Waals surface area contributed by atoms with E-state index in [9.17, 15) is 24.9 Å². The molecule has 0 radical (unpaired) electrons. The third-order valence-electron chi connectivity index (χ3n) is 12.4. The van der Waals surface area contributed by atoms with E-state index >= 15 is 0 Å². The minimum atomic E-state index is -1.42. The zero-order valence-electron chi connectivity index (χ0n) is 23.7. The Labute approximate surface area is 234 Å². The number of aliphatic hydroxyl groups is 3. The largest absolute Gasteiger partial charge is 0.458 e. The second-order valence-corrected chi connectivity index (χ2v) is 13.9. The molecule has 2 saturated heterocycles. The van der Waals surface area contributed by atoms with Gasteiger partial charge in [-0.2, -0.15) is 0 Å². The Bertz CT molecular complexity index is 1120. The molecule has 40 heavy (non-hydrogen) atoms. The van der Waals surface area contributed by atoms with Crippen molar-refractivity contribution in [3.8, 4) is 0 Å². The fourth-order valence-electron chi connectivity index (χ4n) is 10.3. The molecular weight excluding hydrogens is 520 g/mol. The van der Waals surface area contributed by atoms with Gasteiger partial charge < -0.3 is 39.0 Å². The van der Waals surface area contributed by atoms with Crippen molar-refractivity contribution < 1.29 is 48.6 Å². The van der Waals surface area contributed by atoms with Crippen LogP contribution in [0.4, 0.5) is 0 Å². The van der Waals surface area contributed by atoms with Crippen LogP contribution in [0.2, 0.25) is 0 Å². The van der Waals surface area contributed by atoms with Gasteiger partial charge in [0.15, 0.2) is 12.1 Å². The molecule has 4 saturated carbocycles. The van der Waals surface area contributed by atoms with Gasteiger partial charge in [0.05, 0.1) is 35.9 Å². The Hall–Kier alpha value is -1.40. The average molecular weight is 563 g/mol. The van der Waals surface area contributed by atoms with Gasteiger partial charge in [0.25, 0.3) is 0 Å². The van der Waals surface area contributed by atoms with E-state index in [1.165, 1.54) is 6.08 Å². The van der Waals surface area contributed by atoms with Crippen molar-refractivity contribution in [2.75, 3.05) is 13.7 Å². The molecule has 0 bridgehead atoms. The van der Waals surface area contributed by atoms with E-state index in [0.717, 1.165) is 25.7 Å². The van der Waals surface area contributed by atoms with Crippen molar-refractivity contribution in [1.29, 1.82) is 0 Å². The highest BCUT2D eigenvalue weighted by molar-refractivity contribution is 5.94. The summed E-state index contributed by atoms with van der Waals surface area (Å²) in [7, 11) is 1.58. The zero-order chi connectivity index (χ0) is 28.4. The number of carbonyl (C=O) groups excluding carboxylic acids is 2. The number of ether oxygens (including phenoxy) is 5. The molecule has 0 aromatic carbocycles. The zero-order valence-corrected chi connectivity index (χ0v) is 23.7. The molecule has 4 aliphatic carbocycles. The highest BCUT2D eigenvalue weighted by Crippen LogP contribution is 2.72. The third-order valence-corrected chi connectivity index (χ3v) is 12.4. The van der Waals surface area contributed by atoms with Crippen molar-refractivity contribution in [3.63, 3.8) is 0 Å². The minimum absolute atomic E-state index is 0.0681. The summed E-state index contributed by atoms with van der Waals surface area (Å²) in [6.07, 6.45) is 1.23. The van der Waals surface area contributed by atoms with Crippen molar-refractivity contribution in [3.05, 3.63) is 11.6 Å². The lowest BCUT2D eigenvalue weighted by molar-refractivity contribution is -0.274. The van der Waals surface area contributed by atoms with Gasteiger partial charge in [-0.05, 0) is 62.9 Å². The molecule has 0 amide bonds. The lowest BCUT2D eigenvalue weighted by Crippen LogP contribution is -2.72. The van der Waals surface area contributed by atoms with Crippen molar-refractivity contribution in [2.45, 2.75) is 114 Å². The number of cyclic esters (lactones) is 1. The van der Waals surface area contributed by atoms with Gasteiger partial charge in [0, 0.05) is 37.4 Å². The number of Topliss-reactive ketones (excluding diaryl/α,β-unsaturated/α-hetero) is 1.